The molecule has 0 saturated heterocycles. The van der Waals surface area contributed by atoms with E-state index in [-0.39, 0.29) is 11.9 Å². The van der Waals surface area contributed by atoms with Crippen LogP contribution in [-0.2, 0) is 6.54 Å². The molecule has 1 aromatic heterocycles. The highest BCUT2D eigenvalue weighted by atomic mass is 16.2. The summed E-state index contributed by atoms with van der Waals surface area (Å²) in [5.74, 6) is 1.36. The maximum absolute atomic E-state index is 12.9. The maximum atomic E-state index is 12.9. The van der Waals surface area contributed by atoms with Gasteiger partial charge in [-0.2, -0.15) is 10.4 Å². The van der Waals surface area contributed by atoms with Crippen molar-refractivity contribution in [2.45, 2.75) is 19.5 Å². The first kappa shape index (κ1) is 16.0. The third-order valence-electron chi connectivity index (χ3n) is 4.63. The molecular weight excluding hydrogens is 326 g/mol. The molecule has 1 atom stereocenters. The molecule has 0 aliphatic carbocycles. The van der Waals surface area contributed by atoms with Crippen LogP contribution >= 0.6 is 0 Å². The van der Waals surface area contributed by atoms with Crippen LogP contribution in [0.5, 0.6) is 0 Å². The number of fused-ring (bicyclic) bond motifs is 1. The molecule has 4 rings (SSSR count). The number of carbonyl (C=O) groups excluding carboxylic acids is 1. The number of hydrogen-bond acceptors (Lipinski definition) is 4. The van der Waals surface area contributed by atoms with Gasteiger partial charge in [0.05, 0.1) is 24.2 Å². The van der Waals surface area contributed by atoms with Gasteiger partial charge >= 0.3 is 0 Å². The van der Waals surface area contributed by atoms with E-state index < -0.39 is 0 Å². The third-order valence-corrected chi connectivity index (χ3v) is 4.63. The fourth-order valence-electron chi connectivity index (χ4n) is 3.24. The van der Waals surface area contributed by atoms with Crippen LogP contribution in [0.3, 0.4) is 0 Å². The van der Waals surface area contributed by atoms with Crippen LogP contribution in [-0.4, -0.2) is 32.1 Å². The molecule has 0 unspecified atom stereocenters. The molecule has 0 bridgehead atoms. The van der Waals surface area contributed by atoms with Crippen molar-refractivity contribution in [2.24, 2.45) is 0 Å². The zero-order valence-corrected chi connectivity index (χ0v) is 14.3. The van der Waals surface area contributed by atoms with Crippen molar-refractivity contribution in [3.05, 3.63) is 71.5 Å². The first-order valence-electron chi connectivity index (χ1n) is 8.48. The summed E-state index contributed by atoms with van der Waals surface area (Å²) in [7, 11) is 0. The van der Waals surface area contributed by atoms with Gasteiger partial charge in [-0.15, -0.1) is 0 Å². The predicted octanol–water partition coefficient (Wildman–Crippen LogP) is 3.03. The van der Waals surface area contributed by atoms with Gasteiger partial charge in [0.1, 0.15) is 5.82 Å². The Morgan fingerprint density at radius 1 is 1.15 bits per heavy atom. The van der Waals surface area contributed by atoms with Crippen LogP contribution in [0, 0.1) is 11.3 Å². The molecule has 128 valence electrons. The van der Waals surface area contributed by atoms with Gasteiger partial charge in [0.2, 0.25) is 0 Å². The van der Waals surface area contributed by atoms with Crippen molar-refractivity contribution in [2.75, 3.05) is 6.54 Å². The van der Waals surface area contributed by atoms with E-state index >= 15 is 0 Å². The fraction of sp³-hybridized carbons (Fsp3) is 0.200. The van der Waals surface area contributed by atoms with E-state index in [1.54, 1.807) is 29.2 Å². The minimum atomic E-state index is -0.188. The van der Waals surface area contributed by atoms with E-state index in [0.717, 1.165) is 11.4 Å². The number of nitrogens with zero attached hydrogens (tertiary/aromatic N) is 5. The summed E-state index contributed by atoms with van der Waals surface area (Å²) >= 11 is 0. The highest BCUT2D eigenvalue weighted by Gasteiger charge is 2.31. The lowest BCUT2D eigenvalue weighted by Gasteiger charge is -2.33. The SMILES string of the molecule is C[C@H]1c2nc(-c3ccccc3)nn2CCN1C(=O)c1cccc(C#N)c1. The summed E-state index contributed by atoms with van der Waals surface area (Å²) < 4.78 is 1.88. The Morgan fingerprint density at radius 2 is 1.96 bits per heavy atom. The molecule has 0 fully saturated rings. The summed E-state index contributed by atoms with van der Waals surface area (Å²) in [5.41, 5.74) is 1.96. The highest BCUT2D eigenvalue weighted by Crippen LogP contribution is 2.27. The lowest BCUT2D eigenvalue weighted by molar-refractivity contribution is 0.0630. The molecule has 1 aliphatic rings. The van der Waals surface area contributed by atoms with Crippen molar-refractivity contribution >= 4 is 5.91 Å². The molecule has 1 aliphatic heterocycles. The predicted molar refractivity (Wildman–Crippen MR) is 96.1 cm³/mol. The van der Waals surface area contributed by atoms with E-state index in [1.165, 1.54) is 0 Å². The van der Waals surface area contributed by atoms with Crippen molar-refractivity contribution in [3.8, 4) is 17.5 Å². The first-order valence-corrected chi connectivity index (χ1v) is 8.48. The molecule has 6 nitrogen and oxygen atoms in total. The monoisotopic (exact) mass is 343 g/mol. The van der Waals surface area contributed by atoms with Gasteiger partial charge in [-0.1, -0.05) is 36.4 Å². The Balaban J connectivity index is 1.64. The topological polar surface area (TPSA) is 74.8 Å². The Hall–Kier alpha value is -3.46. The van der Waals surface area contributed by atoms with Gasteiger partial charge in [0, 0.05) is 17.7 Å². The fourth-order valence-corrected chi connectivity index (χ4v) is 3.24. The number of amides is 1. The van der Waals surface area contributed by atoms with Crippen molar-refractivity contribution in [1.82, 2.24) is 19.7 Å². The van der Waals surface area contributed by atoms with Crippen LogP contribution in [0.1, 0.15) is 34.7 Å². The van der Waals surface area contributed by atoms with Crippen molar-refractivity contribution in [3.63, 3.8) is 0 Å². The third kappa shape index (κ3) is 2.74. The number of rotatable bonds is 2. The van der Waals surface area contributed by atoms with Crippen LogP contribution in [0.25, 0.3) is 11.4 Å². The quantitative estimate of drug-likeness (QED) is 0.717. The summed E-state index contributed by atoms with van der Waals surface area (Å²) in [6.45, 7) is 3.12. The van der Waals surface area contributed by atoms with Crippen LogP contribution in [0.15, 0.2) is 54.6 Å². The van der Waals surface area contributed by atoms with E-state index in [0.29, 0.717) is 30.0 Å². The first-order chi connectivity index (χ1) is 12.7. The number of benzene rings is 2. The molecule has 1 amide bonds. The number of aromatic nitrogens is 3. The van der Waals surface area contributed by atoms with E-state index in [4.69, 9.17) is 5.26 Å². The van der Waals surface area contributed by atoms with Gasteiger partial charge in [-0.25, -0.2) is 9.67 Å². The molecule has 2 heterocycles. The highest BCUT2D eigenvalue weighted by molar-refractivity contribution is 5.94. The summed E-state index contributed by atoms with van der Waals surface area (Å²) in [6.07, 6.45) is 0. The van der Waals surface area contributed by atoms with Crippen LogP contribution < -0.4 is 0 Å². The minimum Gasteiger partial charge on any atom is -0.327 e. The molecule has 26 heavy (non-hydrogen) atoms. The van der Waals surface area contributed by atoms with Gasteiger partial charge < -0.3 is 4.90 Å². The molecule has 0 saturated carbocycles. The molecule has 2 aromatic carbocycles. The average molecular weight is 343 g/mol. The zero-order chi connectivity index (χ0) is 18.1. The second-order valence-corrected chi connectivity index (χ2v) is 6.25. The molecule has 0 N–H and O–H groups in total. The van der Waals surface area contributed by atoms with Gasteiger partial charge in [-0.05, 0) is 25.1 Å². The maximum Gasteiger partial charge on any atom is 0.254 e. The normalized spacial score (nSPS) is 16.0. The van der Waals surface area contributed by atoms with Gasteiger partial charge in [0.25, 0.3) is 5.91 Å². The number of hydrogen-bond donors (Lipinski definition) is 0. The van der Waals surface area contributed by atoms with Crippen molar-refractivity contribution < 1.29 is 4.79 Å². The van der Waals surface area contributed by atoms with Crippen LogP contribution in [0.4, 0.5) is 0 Å². The lowest BCUT2D eigenvalue weighted by atomic mass is 10.1. The smallest absolute Gasteiger partial charge is 0.254 e. The standard InChI is InChI=1S/C20H17N5O/c1-14-19-22-18(16-7-3-2-4-8-16)23-25(19)11-10-24(14)20(26)17-9-5-6-15(12-17)13-21/h2-9,12,14H,10-11H2,1H3/t14-/m0/s1. The molecule has 3 aromatic rings. The van der Waals surface area contributed by atoms with E-state index in [9.17, 15) is 4.79 Å². The summed E-state index contributed by atoms with van der Waals surface area (Å²) in [4.78, 5) is 19.4. The lowest BCUT2D eigenvalue weighted by Crippen LogP contribution is -2.41. The van der Waals surface area contributed by atoms with E-state index in [1.807, 2.05) is 41.9 Å². The second kappa shape index (κ2) is 6.45. The Morgan fingerprint density at radius 3 is 2.73 bits per heavy atom. The second-order valence-electron chi connectivity index (χ2n) is 6.25. The van der Waals surface area contributed by atoms with Gasteiger partial charge in [0.15, 0.2) is 5.82 Å². The number of nitriles is 1. The Labute approximate surface area is 151 Å². The number of carbonyl (C=O) groups is 1. The summed E-state index contributed by atoms with van der Waals surface area (Å²) in [6, 6.07) is 18.5. The summed E-state index contributed by atoms with van der Waals surface area (Å²) in [5, 5.41) is 13.6. The molecule has 0 radical (unpaired) electrons. The largest absolute Gasteiger partial charge is 0.327 e. The average Bonchev–Trinajstić information content (AvgIpc) is 3.14. The zero-order valence-electron chi connectivity index (χ0n) is 14.3. The minimum absolute atomic E-state index is 0.0925. The van der Waals surface area contributed by atoms with E-state index in [2.05, 4.69) is 16.2 Å². The Bertz CT molecular complexity index is 1000. The Kier molecular flexibility index (Phi) is 3.98. The van der Waals surface area contributed by atoms with Crippen molar-refractivity contribution in [1.29, 1.82) is 5.26 Å². The van der Waals surface area contributed by atoms with Crippen LogP contribution in [0.2, 0.25) is 0 Å². The molecule has 0 spiro atoms. The molecular formula is C20H17N5O. The van der Waals surface area contributed by atoms with Gasteiger partial charge in [-0.3, -0.25) is 4.79 Å². The molecule has 6 heteroatoms.